The van der Waals surface area contributed by atoms with Crippen molar-refractivity contribution >= 4 is 33.4 Å². The predicted molar refractivity (Wildman–Crippen MR) is 87.5 cm³/mol. The van der Waals surface area contributed by atoms with Crippen molar-refractivity contribution in [1.82, 2.24) is 9.97 Å². The second-order valence-electron chi connectivity index (χ2n) is 4.95. The minimum atomic E-state index is 0.516. The Morgan fingerprint density at radius 2 is 1.52 bits per heavy atom. The fourth-order valence-corrected chi connectivity index (χ4v) is 2.68. The topological polar surface area (TPSA) is 25.8 Å². The lowest BCUT2D eigenvalue weighted by molar-refractivity contribution is 1.41. The maximum atomic E-state index is 5.98. The molecule has 2 heterocycles. The Morgan fingerprint density at radius 3 is 2.48 bits per heavy atom. The van der Waals surface area contributed by atoms with Gasteiger partial charge in [0, 0.05) is 17.0 Å². The van der Waals surface area contributed by atoms with Crippen LogP contribution >= 0.6 is 11.6 Å². The van der Waals surface area contributed by atoms with Crippen LogP contribution in [0, 0.1) is 0 Å². The molecule has 0 spiro atoms. The highest BCUT2D eigenvalue weighted by Crippen LogP contribution is 2.26. The molecule has 0 radical (unpaired) electrons. The normalized spacial score (nSPS) is 11.1. The Morgan fingerprint density at radius 1 is 0.714 bits per heavy atom. The first kappa shape index (κ1) is 12.3. The molecule has 0 fully saturated rings. The molecule has 0 unspecified atom stereocenters. The van der Waals surface area contributed by atoms with Crippen LogP contribution in [0.3, 0.4) is 0 Å². The van der Waals surface area contributed by atoms with E-state index in [1.807, 2.05) is 30.5 Å². The van der Waals surface area contributed by atoms with Gasteiger partial charge < -0.3 is 0 Å². The highest BCUT2D eigenvalue weighted by Gasteiger charge is 2.03. The molecule has 0 bridgehead atoms. The first-order valence-electron chi connectivity index (χ1n) is 6.71. The van der Waals surface area contributed by atoms with Gasteiger partial charge in [-0.1, -0.05) is 35.9 Å². The van der Waals surface area contributed by atoms with Gasteiger partial charge in [0.25, 0.3) is 0 Å². The van der Waals surface area contributed by atoms with E-state index < -0.39 is 0 Å². The summed E-state index contributed by atoms with van der Waals surface area (Å²) in [4.78, 5) is 8.72. The van der Waals surface area contributed by atoms with Crippen LogP contribution in [0.1, 0.15) is 0 Å². The molecule has 21 heavy (non-hydrogen) atoms. The van der Waals surface area contributed by atoms with Crippen LogP contribution in [0.2, 0.25) is 5.15 Å². The lowest BCUT2D eigenvalue weighted by Gasteiger charge is -2.05. The van der Waals surface area contributed by atoms with Gasteiger partial charge in [0.05, 0.1) is 11.0 Å². The summed E-state index contributed by atoms with van der Waals surface area (Å²) in [5.41, 5.74) is 4.19. The predicted octanol–water partition coefficient (Wildman–Crippen LogP) is 5.10. The highest BCUT2D eigenvalue weighted by atomic mass is 35.5. The third-order valence-electron chi connectivity index (χ3n) is 3.59. The van der Waals surface area contributed by atoms with Crippen molar-refractivity contribution in [2.75, 3.05) is 0 Å². The zero-order chi connectivity index (χ0) is 14.2. The first-order chi connectivity index (χ1) is 10.3. The SMILES string of the molecule is Clc1ccc2ccc(-c3ccc4ncccc4c3)cc2n1. The number of aromatic nitrogens is 2. The number of pyridine rings is 2. The zero-order valence-electron chi connectivity index (χ0n) is 11.1. The lowest BCUT2D eigenvalue weighted by Crippen LogP contribution is -1.84. The van der Waals surface area contributed by atoms with Gasteiger partial charge in [-0.05, 0) is 47.5 Å². The molecule has 0 amide bonds. The van der Waals surface area contributed by atoms with Crippen molar-refractivity contribution in [3.05, 3.63) is 72.0 Å². The third kappa shape index (κ3) is 2.24. The molecular weight excluding hydrogens is 280 g/mol. The van der Waals surface area contributed by atoms with Crippen LogP contribution in [0.15, 0.2) is 66.9 Å². The maximum absolute atomic E-state index is 5.98. The zero-order valence-corrected chi connectivity index (χ0v) is 11.9. The third-order valence-corrected chi connectivity index (χ3v) is 3.80. The van der Waals surface area contributed by atoms with Gasteiger partial charge in [0.1, 0.15) is 5.15 Å². The Balaban J connectivity index is 1.90. The molecule has 0 aliphatic carbocycles. The molecule has 2 nitrogen and oxygen atoms in total. The second-order valence-corrected chi connectivity index (χ2v) is 5.34. The van der Waals surface area contributed by atoms with Gasteiger partial charge in [-0.3, -0.25) is 4.98 Å². The van der Waals surface area contributed by atoms with Crippen LogP contribution in [0.5, 0.6) is 0 Å². The molecule has 0 atom stereocenters. The monoisotopic (exact) mass is 290 g/mol. The minimum absolute atomic E-state index is 0.516. The average Bonchev–Trinajstić information content (AvgIpc) is 2.53. The van der Waals surface area contributed by atoms with Crippen molar-refractivity contribution in [3.8, 4) is 11.1 Å². The maximum Gasteiger partial charge on any atom is 0.129 e. The summed E-state index contributed by atoms with van der Waals surface area (Å²) in [5.74, 6) is 0. The highest BCUT2D eigenvalue weighted by molar-refractivity contribution is 6.29. The molecule has 4 aromatic rings. The van der Waals surface area contributed by atoms with Crippen LogP contribution in [0.25, 0.3) is 32.9 Å². The number of rotatable bonds is 1. The molecule has 0 aliphatic rings. The summed E-state index contributed by atoms with van der Waals surface area (Å²) < 4.78 is 0. The number of hydrogen-bond donors (Lipinski definition) is 0. The summed E-state index contributed by atoms with van der Waals surface area (Å²) in [5, 5.41) is 2.74. The van der Waals surface area contributed by atoms with Crippen LogP contribution < -0.4 is 0 Å². The van der Waals surface area contributed by atoms with E-state index in [1.54, 1.807) is 0 Å². The number of nitrogens with zero attached hydrogens (tertiary/aromatic N) is 2. The van der Waals surface area contributed by atoms with Crippen LogP contribution in [0.4, 0.5) is 0 Å². The van der Waals surface area contributed by atoms with E-state index in [4.69, 9.17) is 11.6 Å². The molecule has 3 heteroatoms. The fraction of sp³-hybridized carbons (Fsp3) is 0. The lowest BCUT2D eigenvalue weighted by atomic mass is 10.0. The largest absolute Gasteiger partial charge is 0.256 e. The number of fused-ring (bicyclic) bond motifs is 2. The summed E-state index contributed by atoms with van der Waals surface area (Å²) in [6, 6.07) is 20.3. The molecule has 2 aromatic carbocycles. The van der Waals surface area contributed by atoms with Gasteiger partial charge in [-0.2, -0.15) is 0 Å². The average molecular weight is 291 g/mol. The van der Waals surface area contributed by atoms with E-state index in [2.05, 4.69) is 46.4 Å². The number of benzene rings is 2. The van der Waals surface area contributed by atoms with E-state index in [0.717, 1.165) is 32.9 Å². The van der Waals surface area contributed by atoms with Crippen LogP contribution in [-0.4, -0.2) is 9.97 Å². The summed E-state index contributed by atoms with van der Waals surface area (Å²) in [6.07, 6.45) is 1.81. The summed E-state index contributed by atoms with van der Waals surface area (Å²) in [6.45, 7) is 0. The Hall–Kier alpha value is -2.45. The Bertz CT molecular complexity index is 963. The summed E-state index contributed by atoms with van der Waals surface area (Å²) >= 11 is 5.98. The molecule has 100 valence electrons. The number of halogens is 1. The van der Waals surface area contributed by atoms with Crippen molar-refractivity contribution in [3.63, 3.8) is 0 Å². The molecular formula is C18H11ClN2. The van der Waals surface area contributed by atoms with E-state index in [9.17, 15) is 0 Å². The van der Waals surface area contributed by atoms with Gasteiger partial charge in [-0.15, -0.1) is 0 Å². The second kappa shape index (κ2) is 4.83. The standard InChI is InChI=1S/C18H11ClN2/c19-18-8-6-12-3-4-14(11-17(12)21-18)13-5-7-16-15(10-13)2-1-9-20-16/h1-11H. The van der Waals surface area contributed by atoms with E-state index in [-0.39, 0.29) is 0 Å². The van der Waals surface area contributed by atoms with Crippen LogP contribution in [-0.2, 0) is 0 Å². The van der Waals surface area contributed by atoms with Crippen molar-refractivity contribution in [2.24, 2.45) is 0 Å². The smallest absolute Gasteiger partial charge is 0.129 e. The van der Waals surface area contributed by atoms with E-state index >= 15 is 0 Å². The van der Waals surface area contributed by atoms with E-state index in [0.29, 0.717) is 5.15 Å². The van der Waals surface area contributed by atoms with Gasteiger partial charge in [0.2, 0.25) is 0 Å². The summed E-state index contributed by atoms with van der Waals surface area (Å²) in [7, 11) is 0. The van der Waals surface area contributed by atoms with Crippen molar-refractivity contribution in [1.29, 1.82) is 0 Å². The molecule has 0 saturated carbocycles. The first-order valence-corrected chi connectivity index (χ1v) is 7.09. The molecule has 0 aliphatic heterocycles. The molecule has 4 rings (SSSR count). The van der Waals surface area contributed by atoms with Gasteiger partial charge in [-0.25, -0.2) is 4.98 Å². The quantitative estimate of drug-likeness (QED) is 0.456. The Kier molecular flexibility index (Phi) is 2.83. The molecule has 0 saturated heterocycles. The van der Waals surface area contributed by atoms with Gasteiger partial charge in [0.15, 0.2) is 0 Å². The molecule has 0 N–H and O–H groups in total. The van der Waals surface area contributed by atoms with Crippen molar-refractivity contribution in [2.45, 2.75) is 0 Å². The Labute approximate surface area is 127 Å². The van der Waals surface area contributed by atoms with Crippen molar-refractivity contribution < 1.29 is 0 Å². The van der Waals surface area contributed by atoms with Gasteiger partial charge >= 0.3 is 0 Å². The number of hydrogen-bond acceptors (Lipinski definition) is 2. The van der Waals surface area contributed by atoms with E-state index in [1.165, 1.54) is 0 Å². The fourth-order valence-electron chi connectivity index (χ4n) is 2.53. The molecule has 2 aromatic heterocycles. The minimum Gasteiger partial charge on any atom is -0.256 e.